The number of aromatic nitrogens is 5. The fraction of sp³-hybridized carbons (Fsp3) is 0.545. The maximum absolute atomic E-state index is 4.68. The van der Waals surface area contributed by atoms with E-state index in [0.29, 0.717) is 12.0 Å². The van der Waals surface area contributed by atoms with Gasteiger partial charge in [-0.05, 0) is 49.6 Å². The quantitative estimate of drug-likeness (QED) is 0.418. The van der Waals surface area contributed by atoms with Gasteiger partial charge in [-0.25, -0.2) is 14.6 Å². The Bertz CT molecular complexity index is 959. The summed E-state index contributed by atoms with van der Waals surface area (Å²) < 4.78 is 2.00. The van der Waals surface area contributed by atoms with Crippen LogP contribution in [0.3, 0.4) is 0 Å². The molecule has 0 unspecified atom stereocenters. The SMILES string of the molecule is CCCC(CCC)n1nnc2c(Nc3ccc(C(C)C)cc3SC)nc(C)nc21. The zero-order valence-electron chi connectivity index (χ0n) is 18.4. The number of hydrogen-bond donors (Lipinski definition) is 1. The Balaban J connectivity index is 2.03. The van der Waals surface area contributed by atoms with E-state index in [4.69, 9.17) is 0 Å². The largest absolute Gasteiger partial charge is 0.337 e. The number of fused-ring (bicyclic) bond motifs is 1. The van der Waals surface area contributed by atoms with E-state index < -0.39 is 0 Å². The molecule has 6 nitrogen and oxygen atoms in total. The third-order valence-electron chi connectivity index (χ3n) is 5.17. The summed E-state index contributed by atoms with van der Waals surface area (Å²) in [4.78, 5) is 10.5. The predicted molar refractivity (Wildman–Crippen MR) is 122 cm³/mol. The standard InChI is InChI=1S/C22H32N6S/c1-7-9-17(10-8-2)28-22-20(26-27-28)21(23-15(5)24-22)25-18-12-11-16(14(3)4)13-19(18)29-6/h11-14,17H,7-10H2,1-6H3,(H,23,24,25). The molecule has 0 amide bonds. The molecule has 3 rings (SSSR count). The summed E-state index contributed by atoms with van der Waals surface area (Å²) in [5, 5.41) is 12.4. The smallest absolute Gasteiger partial charge is 0.184 e. The lowest BCUT2D eigenvalue weighted by Crippen LogP contribution is -2.12. The second kappa shape index (κ2) is 9.57. The zero-order chi connectivity index (χ0) is 21.0. The molecular weight excluding hydrogens is 380 g/mol. The van der Waals surface area contributed by atoms with Gasteiger partial charge >= 0.3 is 0 Å². The van der Waals surface area contributed by atoms with Gasteiger partial charge in [0.2, 0.25) is 0 Å². The minimum atomic E-state index is 0.323. The van der Waals surface area contributed by atoms with Crippen LogP contribution in [0.15, 0.2) is 23.1 Å². The molecule has 2 aromatic heterocycles. The van der Waals surface area contributed by atoms with Crippen LogP contribution in [0.5, 0.6) is 0 Å². The first kappa shape index (κ1) is 21.6. The van der Waals surface area contributed by atoms with Gasteiger partial charge in [-0.1, -0.05) is 51.8 Å². The van der Waals surface area contributed by atoms with Crippen molar-refractivity contribution in [2.75, 3.05) is 11.6 Å². The second-order valence-corrected chi connectivity index (χ2v) is 8.64. The summed E-state index contributed by atoms with van der Waals surface area (Å²) in [6.07, 6.45) is 6.47. The minimum Gasteiger partial charge on any atom is -0.337 e. The molecule has 0 saturated heterocycles. The van der Waals surface area contributed by atoms with Crippen LogP contribution < -0.4 is 5.32 Å². The van der Waals surface area contributed by atoms with Gasteiger partial charge < -0.3 is 5.32 Å². The number of anilines is 2. The number of nitrogens with zero attached hydrogens (tertiary/aromatic N) is 5. The van der Waals surface area contributed by atoms with Crippen molar-refractivity contribution in [2.24, 2.45) is 0 Å². The number of aryl methyl sites for hydroxylation is 1. The Hall–Kier alpha value is -2.15. The van der Waals surface area contributed by atoms with Crippen molar-refractivity contribution in [3.63, 3.8) is 0 Å². The topological polar surface area (TPSA) is 68.5 Å². The summed E-state index contributed by atoms with van der Waals surface area (Å²) in [7, 11) is 0. The van der Waals surface area contributed by atoms with Gasteiger partial charge in [0, 0.05) is 4.90 Å². The molecule has 2 heterocycles. The Kier molecular flexibility index (Phi) is 7.11. The van der Waals surface area contributed by atoms with E-state index in [1.807, 2.05) is 11.6 Å². The maximum Gasteiger partial charge on any atom is 0.184 e. The number of nitrogens with one attached hydrogen (secondary N) is 1. The Morgan fingerprint density at radius 2 is 1.83 bits per heavy atom. The monoisotopic (exact) mass is 412 g/mol. The predicted octanol–water partition coefficient (Wildman–Crippen LogP) is 6.26. The highest BCUT2D eigenvalue weighted by molar-refractivity contribution is 7.98. The van der Waals surface area contributed by atoms with Crippen molar-refractivity contribution in [3.05, 3.63) is 29.6 Å². The van der Waals surface area contributed by atoms with E-state index in [2.05, 4.69) is 77.7 Å². The first-order chi connectivity index (χ1) is 14.0. The Morgan fingerprint density at radius 3 is 2.45 bits per heavy atom. The molecule has 0 saturated carbocycles. The van der Waals surface area contributed by atoms with Gasteiger partial charge in [-0.2, -0.15) is 0 Å². The molecule has 0 fully saturated rings. The summed E-state index contributed by atoms with van der Waals surface area (Å²) in [6, 6.07) is 6.88. The van der Waals surface area contributed by atoms with Gasteiger partial charge in [0.05, 0.1) is 11.7 Å². The third-order valence-corrected chi connectivity index (χ3v) is 5.95. The van der Waals surface area contributed by atoms with Crippen LogP contribution in [0.4, 0.5) is 11.5 Å². The fourth-order valence-corrected chi connectivity index (χ4v) is 4.22. The summed E-state index contributed by atoms with van der Waals surface area (Å²) in [5.41, 5.74) is 3.91. The lowest BCUT2D eigenvalue weighted by molar-refractivity contribution is 0.391. The molecule has 7 heteroatoms. The summed E-state index contributed by atoms with van der Waals surface area (Å²) >= 11 is 1.73. The lowest BCUT2D eigenvalue weighted by atomic mass is 10.0. The maximum atomic E-state index is 4.68. The molecule has 0 bridgehead atoms. The van der Waals surface area contributed by atoms with E-state index in [-0.39, 0.29) is 0 Å². The molecular formula is C22H32N6S. The normalized spacial score (nSPS) is 11.7. The highest BCUT2D eigenvalue weighted by atomic mass is 32.2. The molecule has 0 spiro atoms. The Labute approximate surface area is 177 Å². The molecule has 0 atom stereocenters. The molecule has 156 valence electrons. The zero-order valence-corrected chi connectivity index (χ0v) is 19.2. The molecule has 0 aliphatic rings. The fourth-order valence-electron chi connectivity index (χ4n) is 3.63. The van der Waals surface area contributed by atoms with E-state index >= 15 is 0 Å². The van der Waals surface area contributed by atoms with Crippen molar-refractivity contribution in [3.8, 4) is 0 Å². The summed E-state index contributed by atoms with van der Waals surface area (Å²) in [6.45, 7) is 10.8. The number of benzene rings is 1. The van der Waals surface area contributed by atoms with Gasteiger partial charge in [-0.3, -0.25) is 0 Å². The first-order valence-corrected chi connectivity index (χ1v) is 11.7. The van der Waals surface area contributed by atoms with Crippen LogP contribution in [-0.2, 0) is 0 Å². The van der Waals surface area contributed by atoms with E-state index in [1.165, 1.54) is 10.5 Å². The van der Waals surface area contributed by atoms with Gasteiger partial charge in [0.1, 0.15) is 5.82 Å². The van der Waals surface area contributed by atoms with Crippen molar-refractivity contribution < 1.29 is 0 Å². The van der Waals surface area contributed by atoms with Crippen molar-refractivity contribution in [2.45, 2.75) is 77.2 Å². The van der Waals surface area contributed by atoms with Crippen molar-refractivity contribution in [1.82, 2.24) is 25.0 Å². The number of thioether (sulfide) groups is 1. The minimum absolute atomic E-state index is 0.323. The molecule has 1 N–H and O–H groups in total. The van der Waals surface area contributed by atoms with Crippen LogP contribution >= 0.6 is 11.8 Å². The van der Waals surface area contributed by atoms with Crippen molar-refractivity contribution >= 4 is 34.4 Å². The van der Waals surface area contributed by atoms with Crippen molar-refractivity contribution in [1.29, 1.82) is 0 Å². The summed E-state index contributed by atoms with van der Waals surface area (Å²) in [5.74, 6) is 1.94. The molecule has 0 radical (unpaired) electrons. The molecule has 29 heavy (non-hydrogen) atoms. The van der Waals surface area contributed by atoms with E-state index in [0.717, 1.165) is 54.2 Å². The van der Waals surface area contributed by atoms with E-state index in [9.17, 15) is 0 Å². The number of rotatable bonds is 9. The van der Waals surface area contributed by atoms with Crippen LogP contribution in [0.1, 0.15) is 76.7 Å². The van der Waals surface area contributed by atoms with Crippen LogP contribution in [0, 0.1) is 6.92 Å². The highest BCUT2D eigenvalue weighted by Crippen LogP contribution is 2.33. The van der Waals surface area contributed by atoms with Crippen LogP contribution in [-0.4, -0.2) is 31.2 Å². The van der Waals surface area contributed by atoms with Crippen LogP contribution in [0.25, 0.3) is 11.2 Å². The molecule has 0 aliphatic carbocycles. The van der Waals surface area contributed by atoms with Gasteiger partial charge in [0.25, 0.3) is 0 Å². The Morgan fingerprint density at radius 1 is 1.10 bits per heavy atom. The average Bonchev–Trinajstić information content (AvgIpc) is 3.11. The van der Waals surface area contributed by atoms with Crippen LogP contribution in [0.2, 0.25) is 0 Å². The van der Waals surface area contributed by atoms with Gasteiger partial charge in [-0.15, -0.1) is 16.9 Å². The molecule has 0 aliphatic heterocycles. The van der Waals surface area contributed by atoms with E-state index in [1.54, 1.807) is 11.8 Å². The van der Waals surface area contributed by atoms with Gasteiger partial charge in [0.15, 0.2) is 17.0 Å². The second-order valence-electron chi connectivity index (χ2n) is 7.80. The average molecular weight is 413 g/mol. The lowest BCUT2D eigenvalue weighted by Gasteiger charge is -2.16. The number of hydrogen-bond acceptors (Lipinski definition) is 6. The highest BCUT2D eigenvalue weighted by Gasteiger charge is 2.19. The molecule has 1 aromatic carbocycles. The third kappa shape index (κ3) is 4.71. The first-order valence-electron chi connectivity index (χ1n) is 10.5. The molecule has 3 aromatic rings.